The first-order chi connectivity index (χ1) is 14.7. The van der Waals surface area contributed by atoms with Gasteiger partial charge in [0.05, 0.1) is 5.69 Å². The fourth-order valence-electron chi connectivity index (χ4n) is 2.94. The third-order valence-corrected chi connectivity index (χ3v) is 4.36. The van der Waals surface area contributed by atoms with Crippen molar-refractivity contribution in [3.63, 3.8) is 0 Å². The van der Waals surface area contributed by atoms with Gasteiger partial charge in [-0.25, -0.2) is 9.97 Å². The number of hydrogen-bond acceptors (Lipinski definition) is 6. The van der Waals surface area contributed by atoms with Crippen molar-refractivity contribution in [2.45, 2.75) is 0 Å². The van der Waals surface area contributed by atoms with Gasteiger partial charge in [0, 0.05) is 25.0 Å². The number of carbonyl (C=O) groups is 1. The summed E-state index contributed by atoms with van der Waals surface area (Å²) < 4.78 is 5.67. The number of nitrogens with zero attached hydrogens (tertiary/aromatic N) is 3. The van der Waals surface area contributed by atoms with E-state index in [1.807, 2.05) is 54.6 Å². The Morgan fingerprint density at radius 3 is 2.50 bits per heavy atom. The smallest absolute Gasteiger partial charge is 0.325 e. The number of anilines is 2. The number of carbonyl (C=O) groups excluding carboxylic acids is 1. The molecule has 4 aromatic rings. The van der Waals surface area contributed by atoms with Crippen LogP contribution in [0.3, 0.4) is 0 Å². The second kappa shape index (κ2) is 8.83. The van der Waals surface area contributed by atoms with Crippen molar-refractivity contribution in [1.82, 2.24) is 15.0 Å². The molecule has 148 valence electrons. The molecule has 0 spiro atoms. The molecule has 2 aromatic heterocycles. The Kier molecular flexibility index (Phi) is 5.61. The Morgan fingerprint density at radius 2 is 1.67 bits per heavy atom. The molecule has 0 aliphatic carbocycles. The zero-order valence-corrected chi connectivity index (χ0v) is 16.2. The van der Waals surface area contributed by atoms with Gasteiger partial charge in [-0.2, -0.15) is 4.98 Å². The number of aromatic nitrogens is 3. The molecule has 2 heterocycles. The Hall–Kier alpha value is -4.26. The van der Waals surface area contributed by atoms with Crippen molar-refractivity contribution in [2.75, 3.05) is 17.7 Å². The van der Waals surface area contributed by atoms with Crippen LogP contribution in [0.2, 0.25) is 0 Å². The molecule has 4 rings (SSSR count). The molecule has 7 nitrogen and oxygen atoms in total. The summed E-state index contributed by atoms with van der Waals surface area (Å²) in [6.07, 6.45) is 3.13. The van der Waals surface area contributed by atoms with Crippen molar-refractivity contribution >= 4 is 17.4 Å². The average Bonchev–Trinajstić information content (AvgIpc) is 2.80. The Bertz CT molecular complexity index is 1160. The molecule has 30 heavy (non-hydrogen) atoms. The molecule has 0 saturated carbocycles. The quantitative estimate of drug-likeness (QED) is 0.493. The minimum absolute atomic E-state index is 0.0827. The first-order valence-corrected chi connectivity index (χ1v) is 9.34. The number of benzene rings is 2. The monoisotopic (exact) mass is 397 g/mol. The van der Waals surface area contributed by atoms with Crippen molar-refractivity contribution in [1.29, 1.82) is 0 Å². The first kappa shape index (κ1) is 19.1. The molecule has 7 heteroatoms. The van der Waals surface area contributed by atoms with Crippen molar-refractivity contribution in [3.05, 3.63) is 90.8 Å². The van der Waals surface area contributed by atoms with Crippen LogP contribution in [-0.2, 0) is 0 Å². The summed E-state index contributed by atoms with van der Waals surface area (Å²) in [5.74, 6) is 0.403. The number of pyridine rings is 1. The number of rotatable bonds is 6. The first-order valence-electron chi connectivity index (χ1n) is 9.34. The normalized spacial score (nSPS) is 10.3. The molecule has 0 bridgehead atoms. The number of ether oxygens (including phenoxy) is 1. The lowest BCUT2D eigenvalue weighted by atomic mass is 9.99. The highest BCUT2D eigenvalue weighted by Crippen LogP contribution is 2.26. The Morgan fingerprint density at radius 1 is 0.867 bits per heavy atom. The molecule has 0 unspecified atom stereocenters. The van der Waals surface area contributed by atoms with Crippen molar-refractivity contribution < 1.29 is 9.53 Å². The van der Waals surface area contributed by atoms with E-state index in [-0.39, 0.29) is 11.9 Å². The van der Waals surface area contributed by atoms with Crippen LogP contribution in [0.25, 0.3) is 11.1 Å². The van der Waals surface area contributed by atoms with Crippen molar-refractivity contribution in [2.24, 2.45) is 0 Å². The highest BCUT2D eigenvalue weighted by molar-refractivity contribution is 6.08. The van der Waals surface area contributed by atoms with E-state index in [0.29, 0.717) is 22.9 Å². The maximum absolute atomic E-state index is 12.9. The topological polar surface area (TPSA) is 89.0 Å². The van der Waals surface area contributed by atoms with E-state index in [2.05, 4.69) is 25.6 Å². The van der Waals surface area contributed by atoms with Crippen LogP contribution in [0.15, 0.2) is 85.2 Å². The van der Waals surface area contributed by atoms with Gasteiger partial charge >= 0.3 is 6.01 Å². The summed E-state index contributed by atoms with van der Waals surface area (Å²) in [5, 5.41) is 5.81. The standard InChI is InChI=1S/C23H19N5O2/c1-24-19-12-7-14-25-22(19)30-23-26-15-13-20(28-23)27-21(29)18-11-6-5-10-17(18)16-8-3-2-4-9-16/h2-15,24H,1H3,(H,26,27,28,29). The summed E-state index contributed by atoms with van der Waals surface area (Å²) in [7, 11) is 1.77. The van der Waals surface area contributed by atoms with E-state index in [1.54, 1.807) is 31.4 Å². The predicted octanol–water partition coefficient (Wildman–Crippen LogP) is 4.62. The van der Waals surface area contributed by atoms with Crippen LogP contribution in [0, 0.1) is 0 Å². The van der Waals surface area contributed by atoms with E-state index in [1.165, 1.54) is 6.20 Å². The predicted molar refractivity (Wildman–Crippen MR) is 116 cm³/mol. The van der Waals surface area contributed by atoms with Gasteiger partial charge in [-0.3, -0.25) is 4.79 Å². The molecule has 0 fully saturated rings. The average molecular weight is 397 g/mol. The fraction of sp³-hybridized carbons (Fsp3) is 0.0435. The van der Waals surface area contributed by atoms with Gasteiger partial charge in [-0.1, -0.05) is 48.5 Å². The van der Waals surface area contributed by atoms with E-state index in [9.17, 15) is 4.79 Å². The highest BCUT2D eigenvalue weighted by atomic mass is 16.5. The van der Waals surface area contributed by atoms with E-state index in [4.69, 9.17) is 4.74 Å². The van der Waals surface area contributed by atoms with E-state index >= 15 is 0 Å². The van der Waals surface area contributed by atoms with Gasteiger partial charge in [0.25, 0.3) is 5.91 Å². The number of nitrogens with one attached hydrogen (secondary N) is 2. The van der Waals surface area contributed by atoms with Crippen LogP contribution in [0.1, 0.15) is 10.4 Å². The fourth-order valence-corrected chi connectivity index (χ4v) is 2.94. The zero-order chi connectivity index (χ0) is 20.8. The SMILES string of the molecule is CNc1cccnc1Oc1nccc(NC(=O)c2ccccc2-c2ccccc2)n1. The third-order valence-electron chi connectivity index (χ3n) is 4.36. The lowest BCUT2D eigenvalue weighted by Crippen LogP contribution is -2.14. The second-order valence-corrected chi connectivity index (χ2v) is 6.30. The molecule has 0 saturated heterocycles. The highest BCUT2D eigenvalue weighted by Gasteiger charge is 2.14. The Balaban J connectivity index is 1.56. The van der Waals surface area contributed by atoms with Crippen LogP contribution < -0.4 is 15.4 Å². The molecule has 0 aliphatic rings. The van der Waals surface area contributed by atoms with Crippen LogP contribution in [0.5, 0.6) is 11.9 Å². The van der Waals surface area contributed by atoms with Gasteiger partial charge in [0.15, 0.2) is 0 Å². The summed E-state index contributed by atoms with van der Waals surface area (Å²) in [6, 6.07) is 22.5. The van der Waals surface area contributed by atoms with Gasteiger partial charge in [0.1, 0.15) is 5.82 Å². The molecule has 1 amide bonds. The van der Waals surface area contributed by atoms with Gasteiger partial charge < -0.3 is 15.4 Å². The minimum atomic E-state index is -0.271. The molecule has 2 N–H and O–H groups in total. The van der Waals surface area contributed by atoms with Gasteiger partial charge in [-0.05, 0) is 35.4 Å². The number of amides is 1. The van der Waals surface area contributed by atoms with Gasteiger partial charge in [-0.15, -0.1) is 0 Å². The summed E-state index contributed by atoms with van der Waals surface area (Å²) >= 11 is 0. The largest absolute Gasteiger partial charge is 0.403 e. The molecular weight excluding hydrogens is 378 g/mol. The maximum Gasteiger partial charge on any atom is 0.325 e. The maximum atomic E-state index is 12.9. The zero-order valence-electron chi connectivity index (χ0n) is 16.2. The lowest BCUT2D eigenvalue weighted by Gasteiger charge is -2.11. The van der Waals surface area contributed by atoms with Crippen LogP contribution in [-0.4, -0.2) is 27.9 Å². The molecule has 0 aliphatic heterocycles. The number of hydrogen-bond donors (Lipinski definition) is 2. The van der Waals surface area contributed by atoms with Crippen molar-refractivity contribution in [3.8, 4) is 23.0 Å². The lowest BCUT2D eigenvalue weighted by molar-refractivity contribution is 0.102. The van der Waals surface area contributed by atoms with Crippen LogP contribution in [0.4, 0.5) is 11.5 Å². The van der Waals surface area contributed by atoms with E-state index in [0.717, 1.165) is 11.1 Å². The Labute approximate surface area is 173 Å². The molecule has 0 atom stereocenters. The molecular formula is C23H19N5O2. The van der Waals surface area contributed by atoms with E-state index < -0.39 is 0 Å². The molecule has 0 radical (unpaired) electrons. The summed E-state index contributed by atoms with van der Waals surface area (Å²) in [4.78, 5) is 25.5. The molecule has 2 aromatic carbocycles. The minimum Gasteiger partial charge on any atom is -0.403 e. The third kappa shape index (κ3) is 4.25. The summed E-state index contributed by atoms with van der Waals surface area (Å²) in [5.41, 5.74) is 3.05. The summed E-state index contributed by atoms with van der Waals surface area (Å²) in [6.45, 7) is 0. The van der Waals surface area contributed by atoms with Gasteiger partial charge in [0.2, 0.25) is 5.88 Å². The second-order valence-electron chi connectivity index (χ2n) is 6.30. The van der Waals surface area contributed by atoms with Crippen LogP contribution >= 0.6 is 0 Å².